The highest BCUT2D eigenvalue weighted by Crippen LogP contribution is 2.32. The molecule has 0 N–H and O–H groups in total. The molecule has 5 heteroatoms. The number of halogens is 2. The van der Waals surface area contributed by atoms with E-state index >= 15 is 0 Å². The van der Waals surface area contributed by atoms with Gasteiger partial charge in [0.1, 0.15) is 0 Å². The van der Waals surface area contributed by atoms with E-state index in [2.05, 4.69) is 34.7 Å². The van der Waals surface area contributed by atoms with E-state index < -0.39 is 0 Å². The summed E-state index contributed by atoms with van der Waals surface area (Å²) in [6.07, 6.45) is 0.316. The average molecular weight is 363 g/mol. The third-order valence-electron chi connectivity index (χ3n) is 3.24. The summed E-state index contributed by atoms with van der Waals surface area (Å²) < 4.78 is 6.01. The number of carbonyl (C=O) groups excluding carboxylic acids is 1. The molecule has 1 unspecified atom stereocenters. The smallest absolute Gasteiger partial charge is 0.307 e. The second kappa shape index (κ2) is 8.65. The lowest BCUT2D eigenvalue weighted by Gasteiger charge is -2.30. The quantitative estimate of drug-likeness (QED) is 0.672. The number of hydrogen-bond donors (Lipinski definition) is 0. The monoisotopic (exact) mass is 361 g/mol. The van der Waals surface area contributed by atoms with Crippen LogP contribution in [0.15, 0.2) is 22.7 Å². The lowest BCUT2D eigenvalue weighted by molar-refractivity contribution is -0.144. The average Bonchev–Trinajstić information content (AvgIpc) is 2.39. The van der Waals surface area contributed by atoms with Crippen molar-refractivity contribution in [2.45, 2.75) is 33.2 Å². The molecule has 1 aromatic rings. The van der Waals surface area contributed by atoms with Gasteiger partial charge in [0.25, 0.3) is 0 Å². The van der Waals surface area contributed by atoms with Gasteiger partial charge in [0.15, 0.2) is 0 Å². The van der Waals surface area contributed by atoms with Gasteiger partial charge < -0.3 is 4.74 Å². The first kappa shape index (κ1) is 17.5. The molecule has 0 aromatic heterocycles. The first-order chi connectivity index (χ1) is 9.53. The molecule has 1 rings (SSSR count). The maximum Gasteiger partial charge on any atom is 0.307 e. The molecule has 112 valence electrons. The predicted molar refractivity (Wildman–Crippen MR) is 86.1 cm³/mol. The molecule has 1 atom stereocenters. The van der Waals surface area contributed by atoms with Crippen LogP contribution in [0.25, 0.3) is 0 Å². The number of ether oxygens (including phenoxy) is 1. The van der Waals surface area contributed by atoms with Crippen LogP contribution in [-0.4, -0.2) is 30.6 Å². The van der Waals surface area contributed by atoms with Crippen LogP contribution in [0.4, 0.5) is 0 Å². The van der Waals surface area contributed by atoms with E-state index in [-0.39, 0.29) is 12.0 Å². The molecular formula is C15H21BrClNO2. The molecule has 0 bridgehead atoms. The fourth-order valence-corrected chi connectivity index (χ4v) is 3.05. The summed E-state index contributed by atoms with van der Waals surface area (Å²) >= 11 is 9.74. The summed E-state index contributed by atoms with van der Waals surface area (Å²) in [6.45, 7) is 8.08. The number of carbonyl (C=O) groups is 1. The summed E-state index contributed by atoms with van der Waals surface area (Å²) in [5, 5.41) is 0.667. The number of nitrogens with zero attached hydrogens (tertiary/aromatic N) is 1. The van der Waals surface area contributed by atoms with E-state index in [0.717, 1.165) is 23.1 Å². The summed E-state index contributed by atoms with van der Waals surface area (Å²) in [5.74, 6) is -0.191. The Bertz CT molecular complexity index is 449. The fraction of sp³-hybridized carbons (Fsp3) is 0.533. The molecule has 0 aliphatic heterocycles. The molecule has 0 radical (unpaired) electrons. The lowest BCUT2D eigenvalue weighted by atomic mass is 10.0. The molecule has 0 spiro atoms. The first-order valence-electron chi connectivity index (χ1n) is 6.88. The maximum absolute atomic E-state index is 11.8. The Kier molecular flexibility index (Phi) is 7.56. The Labute approximate surface area is 134 Å². The molecule has 0 fully saturated rings. The Balaban J connectivity index is 3.05. The Morgan fingerprint density at radius 2 is 2.00 bits per heavy atom. The molecule has 0 heterocycles. The standard InChI is InChI=1S/C15H21BrClNO2/c1-4-18(5-2)14(10-15(19)20-6-3)12-8-7-11(16)9-13(12)17/h7-9,14H,4-6,10H2,1-3H3. The van der Waals surface area contributed by atoms with E-state index in [1.807, 2.05) is 25.1 Å². The van der Waals surface area contributed by atoms with E-state index in [0.29, 0.717) is 18.1 Å². The van der Waals surface area contributed by atoms with Gasteiger partial charge in [0, 0.05) is 15.5 Å². The zero-order valence-corrected chi connectivity index (χ0v) is 14.5. The van der Waals surface area contributed by atoms with Crippen molar-refractivity contribution in [2.75, 3.05) is 19.7 Å². The SMILES string of the molecule is CCOC(=O)CC(c1ccc(Br)cc1Cl)N(CC)CC. The topological polar surface area (TPSA) is 29.5 Å². The largest absolute Gasteiger partial charge is 0.466 e. The van der Waals surface area contributed by atoms with Gasteiger partial charge in [-0.05, 0) is 37.7 Å². The van der Waals surface area contributed by atoms with Crippen molar-refractivity contribution in [2.24, 2.45) is 0 Å². The van der Waals surface area contributed by atoms with Crippen LogP contribution in [0.3, 0.4) is 0 Å². The minimum absolute atomic E-state index is 0.0513. The van der Waals surface area contributed by atoms with Gasteiger partial charge in [-0.2, -0.15) is 0 Å². The van der Waals surface area contributed by atoms with Gasteiger partial charge >= 0.3 is 5.97 Å². The lowest BCUT2D eigenvalue weighted by Crippen LogP contribution is -2.31. The highest BCUT2D eigenvalue weighted by molar-refractivity contribution is 9.10. The van der Waals surface area contributed by atoms with Crippen LogP contribution >= 0.6 is 27.5 Å². The number of esters is 1. The van der Waals surface area contributed by atoms with Crippen molar-refractivity contribution in [1.29, 1.82) is 0 Å². The molecule has 0 aliphatic rings. The van der Waals surface area contributed by atoms with Gasteiger partial charge in [-0.1, -0.05) is 47.4 Å². The van der Waals surface area contributed by atoms with Gasteiger partial charge in [-0.3, -0.25) is 9.69 Å². The van der Waals surface area contributed by atoms with Crippen LogP contribution in [0.2, 0.25) is 5.02 Å². The van der Waals surface area contributed by atoms with Crippen molar-refractivity contribution in [3.05, 3.63) is 33.3 Å². The number of rotatable bonds is 7. The minimum atomic E-state index is -0.191. The van der Waals surface area contributed by atoms with Crippen LogP contribution in [0.5, 0.6) is 0 Å². The van der Waals surface area contributed by atoms with Gasteiger partial charge in [-0.15, -0.1) is 0 Å². The molecule has 0 amide bonds. The fourth-order valence-electron chi connectivity index (χ4n) is 2.25. The molecule has 0 aliphatic carbocycles. The first-order valence-corrected chi connectivity index (χ1v) is 8.05. The van der Waals surface area contributed by atoms with Crippen molar-refractivity contribution in [3.8, 4) is 0 Å². The Morgan fingerprint density at radius 1 is 1.35 bits per heavy atom. The normalized spacial score (nSPS) is 12.5. The van der Waals surface area contributed by atoms with E-state index in [9.17, 15) is 4.79 Å². The van der Waals surface area contributed by atoms with Crippen LogP contribution in [0.1, 0.15) is 38.8 Å². The molecule has 1 aromatic carbocycles. The van der Waals surface area contributed by atoms with Gasteiger partial charge in [0.05, 0.1) is 13.0 Å². The summed E-state index contributed by atoms with van der Waals surface area (Å²) in [4.78, 5) is 14.1. The maximum atomic E-state index is 11.8. The van der Waals surface area contributed by atoms with Crippen molar-refractivity contribution in [1.82, 2.24) is 4.90 Å². The van der Waals surface area contributed by atoms with Crippen molar-refractivity contribution < 1.29 is 9.53 Å². The van der Waals surface area contributed by atoms with Crippen molar-refractivity contribution in [3.63, 3.8) is 0 Å². The van der Waals surface area contributed by atoms with Crippen LogP contribution < -0.4 is 0 Å². The summed E-state index contributed by atoms with van der Waals surface area (Å²) in [5.41, 5.74) is 0.964. The Morgan fingerprint density at radius 3 is 2.50 bits per heavy atom. The molecule has 3 nitrogen and oxygen atoms in total. The van der Waals surface area contributed by atoms with Crippen LogP contribution in [0, 0.1) is 0 Å². The van der Waals surface area contributed by atoms with E-state index in [4.69, 9.17) is 16.3 Å². The molecule has 0 saturated carbocycles. The summed E-state index contributed by atoms with van der Waals surface area (Å²) in [7, 11) is 0. The Hall–Kier alpha value is -0.580. The third kappa shape index (κ3) is 4.76. The number of benzene rings is 1. The van der Waals surface area contributed by atoms with E-state index in [1.165, 1.54) is 0 Å². The van der Waals surface area contributed by atoms with Gasteiger partial charge in [-0.25, -0.2) is 0 Å². The van der Waals surface area contributed by atoms with Crippen LogP contribution in [-0.2, 0) is 9.53 Å². The zero-order valence-electron chi connectivity index (χ0n) is 12.2. The number of hydrogen-bond acceptors (Lipinski definition) is 3. The second-order valence-electron chi connectivity index (χ2n) is 4.41. The highest BCUT2D eigenvalue weighted by atomic mass is 79.9. The zero-order chi connectivity index (χ0) is 15.1. The van der Waals surface area contributed by atoms with E-state index in [1.54, 1.807) is 0 Å². The summed E-state index contributed by atoms with van der Waals surface area (Å²) in [6, 6.07) is 5.72. The molecular weight excluding hydrogens is 342 g/mol. The minimum Gasteiger partial charge on any atom is -0.466 e. The second-order valence-corrected chi connectivity index (χ2v) is 5.73. The highest BCUT2D eigenvalue weighted by Gasteiger charge is 2.24. The predicted octanol–water partition coefficient (Wildman–Crippen LogP) is 4.44. The van der Waals surface area contributed by atoms with Gasteiger partial charge in [0.2, 0.25) is 0 Å². The third-order valence-corrected chi connectivity index (χ3v) is 4.06. The molecule has 20 heavy (non-hydrogen) atoms. The van der Waals surface area contributed by atoms with Crippen molar-refractivity contribution >= 4 is 33.5 Å². The molecule has 0 saturated heterocycles.